The van der Waals surface area contributed by atoms with Crippen molar-refractivity contribution < 1.29 is 9.90 Å². The lowest BCUT2D eigenvalue weighted by Gasteiger charge is -2.04. The van der Waals surface area contributed by atoms with Gasteiger partial charge in [-0.25, -0.2) is 0 Å². The van der Waals surface area contributed by atoms with Crippen LogP contribution in [0.5, 0.6) is 0 Å². The van der Waals surface area contributed by atoms with Crippen molar-refractivity contribution in [2.24, 2.45) is 11.8 Å². The van der Waals surface area contributed by atoms with Crippen LogP contribution < -0.4 is 0 Å². The molecule has 2 heteroatoms. The molecule has 0 aromatic heterocycles. The number of ketones is 1. The van der Waals surface area contributed by atoms with Crippen molar-refractivity contribution in [3.63, 3.8) is 0 Å². The van der Waals surface area contributed by atoms with E-state index in [1.807, 2.05) is 0 Å². The van der Waals surface area contributed by atoms with Gasteiger partial charge in [0.15, 0.2) is 0 Å². The standard InChI is InChI=1S/C8H14O.C8H12O/c2*1-2-3-8(9)6-7-4-5-7/h2,7-9H,1,3-6H2;2,7H,1,3-6H2. The first-order chi connectivity index (χ1) is 8.65. The van der Waals surface area contributed by atoms with Gasteiger partial charge >= 0.3 is 0 Å². The molecule has 2 aliphatic carbocycles. The first-order valence-electron chi connectivity index (χ1n) is 7.07. The largest absolute Gasteiger partial charge is 0.393 e. The third kappa shape index (κ3) is 8.24. The van der Waals surface area contributed by atoms with Crippen LogP contribution in [0.1, 0.15) is 51.4 Å². The monoisotopic (exact) mass is 250 g/mol. The van der Waals surface area contributed by atoms with Crippen LogP contribution in [0.25, 0.3) is 0 Å². The molecule has 0 saturated heterocycles. The van der Waals surface area contributed by atoms with Crippen LogP contribution in [0.3, 0.4) is 0 Å². The molecule has 1 N–H and O–H groups in total. The number of carbonyl (C=O) groups is 1. The first-order valence-corrected chi connectivity index (χ1v) is 7.07. The Kier molecular flexibility index (Phi) is 6.96. The molecule has 2 saturated carbocycles. The van der Waals surface area contributed by atoms with Crippen molar-refractivity contribution in [1.82, 2.24) is 0 Å². The molecule has 2 rings (SSSR count). The van der Waals surface area contributed by atoms with Gasteiger partial charge < -0.3 is 5.11 Å². The fraction of sp³-hybridized carbons (Fsp3) is 0.688. The van der Waals surface area contributed by atoms with Crippen LogP contribution in [0.4, 0.5) is 0 Å². The Hall–Kier alpha value is -0.890. The maximum Gasteiger partial charge on any atom is 0.136 e. The van der Waals surface area contributed by atoms with Crippen LogP contribution in [0.15, 0.2) is 25.3 Å². The predicted molar refractivity (Wildman–Crippen MR) is 75.3 cm³/mol. The van der Waals surface area contributed by atoms with Gasteiger partial charge in [-0.3, -0.25) is 4.79 Å². The van der Waals surface area contributed by atoms with Gasteiger partial charge in [-0.2, -0.15) is 0 Å². The Balaban J connectivity index is 0.000000180. The second kappa shape index (κ2) is 8.25. The van der Waals surface area contributed by atoms with Gasteiger partial charge in [-0.05, 0) is 37.5 Å². The molecule has 0 radical (unpaired) electrons. The smallest absolute Gasteiger partial charge is 0.136 e. The summed E-state index contributed by atoms with van der Waals surface area (Å²) in [5.41, 5.74) is 0. The van der Waals surface area contributed by atoms with Gasteiger partial charge in [0.1, 0.15) is 5.78 Å². The maximum absolute atomic E-state index is 10.8. The van der Waals surface area contributed by atoms with E-state index >= 15 is 0 Å². The summed E-state index contributed by atoms with van der Waals surface area (Å²) in [6.45, 7) is 7.08. The van der Waals surface area contributed by atoms with Gasteiger partial charge in [0, 0.05) is 12.8 Å². The van der Waals surface area contributed by atoms with Gasteiger partial charge in [0.25, 0.3) is 0 Å². The van der Waals surface area contributed by atoms with E-state index in [2.05, 4.69) is 13.2 Å². The molecule has 18 heavy (non-hydrogen) atoms. The number of Topliss-reactive ketones (excluding diaryl/α,β-unsaturated/α-hetero) is 1. The van der Waals surface area contributed by atoms with Crippen LogP contribution in [-0.4, -0.2) is 17.0 Å². The number of aliphatic hydroxyl groups excluding tert-OH is 1. The summed E-state index contributed by atoms with van der Waals surface area (Å²) < 4.78 is 0. The summed E-state index contributed by atoms with van der Waals surface area (Å²) in [5.74, 6) is 1.92. The SMILES string of the molecule is C=CCC(=O)CC1CC1.C=CCC(O)CC1CC1. The molecule has 2 nitrogen and oxygen atoms in total. The van der Waals surface area contributed by atoms with E-state index in [9.17, 15) is 9.90 Å². The maximum atomic E-state index is 10.8. The Morgan fingerprint density at radius 2 is 1.78 bits per heavy atom. The zero-order valence-electron chi connectivity index (χ0n) is 11.3. The van der Waals surface area contributed by atoms with Crippen LogP contribution in [-0.2, 0) is 4.79 Å². The number of rotatable bonds is 8. The highest BCUT2D eigenvalue weighted by molar-refractivity contribution is 5.80. The van der Waals surface area contributed by atoms with Crippen LogP contribution in [0, 0.1) is 11.8 Å². The number of aliphatic hydroxyl groups is 1. The lowest BCUT2D eigenvalue weighted by atomic mass is 10.1. The lowest BCUT2D eigenvalue weighted by molar-refractivity contribution is -0.118. The Morgan fingerprint density at radius 1 is 1.17 bits per heavy atom. The minimum atomic E-state index is -0.116. The molecule has 2 fully saturated rings. The molecule has 102 valence electrons. The Morgan fingerprint density at radius 3 is 2.22 bits per heavy atom. The minimum absolute atomic E-state index is 0.116. The summed E-state index contributed by atoms with van der Waals surface area (Å²) in [4.78, 5) is 10.8. The Bertz CT molecular complexity index is 275. The summed E-state index contributed by atoms with van der Waals surface area (Å²) >= 11 is 0. The molecule has 0 amide bonds. The molecular weight excluding hydrogens is 224 g/mol. The van der Waals surface area contributed by atoms with E-state index in [0.29, 0.717) is 12.2 Å². The normalized spacial score (nSPS) is 19.4. The first kappa shape index (κ1) is 15.2. The molecule has 0 spiro atoms. The van der Waals surface area contributed by atoms with Crippen LogP contribution in [0.2, 0.25) is 0 Å². The average Bonchev–Trinajstić information content (AvgIpc) is 3.16. The fourth-order valence-corrected chi connectivity index (χ4v) is 1.92. The number of hydrogen-bond donors (Lipinski definition) is 1. The lowest BCUT2D eigenvalue weighted by Crippen LogP contribution is -2.04. The van der Waals surface area contributed by atoms with Crippen molar-refractivity contribution in [1.29, 1.82) is 0 Å². The predicted octanol–water partition coefficient (Wildman–Crippen LogP) is 3.66. The van der Waals surface area contributed by atoms with Crippen molar-refractivity contribution in [2.45, 2.75) is 57.5 Å². The fourth-order valence-electron chi connectivity index (χ4n) is 1.92. The third-order valence-electron chi connectivity index (χ3n) is 3.33. The molecule has 0 aromatic carbocycles. The van der Waals surface area contributed by atoms with E-state index in [-0.39, 0.29) is 6.10 Å². The second-order valence-corrected chi connectivity index (χ2v) is 5.54. The van der Waals surface area contributed by atoms with Crippen LogP contribution >= 0.6 is 0 Å². The van der Waals surface area contributed by atoms with E-state index in [4.69, 9.17) is 0 Å². The van der Waals surface area contributed by atoms with Gasteiger partial charge in [0.2, 0.25) is 0 Å². The molecule has 0 bridgehead atoms. The molecular formula is C16H26O2. The second-order valence-electron chi connectivity index (χ2n) is 5.54. The number of hydrogen-bond acceptors (Lipinski definition) is 2. The molecule has 0 aliphatic heterocycles. The van der Waals surface area contributed by atoms with Gasteiger partial charge in [-0.15, -0.1) is 13.2 Å². The van der Waals surface area contributed by atoms with E-state index in [0.717, 1.165) is 31.1 Å². The zero-order valence-corrected chi connectivity index (χ0v) is 11.3. The number of carbonyl (C=O) groups excluding carboxylic acids is 1. The summed E-state index contributed by atoms with van der Waals surface area (Å²) in [5, 5.41) is 9.19. The van der Waals surface area contributed by atoms with E-state index < -0.39 is 0 Å². The molecule has 1 atom stereocenters. The van der Waals surface area contributed by atoms with Gasteiger partial charge in [0.05, 0.1) is 6.10 Å². The summed E-state index contributed by atoms with van der Waals surface area (Å²) in [6, 6.07) is 0. The highest BCUT2D eigenvalue weighted by atomic mass is 16.3. The highest BCUT2D eigenvalue weighted by Gasteiger charge is 2.24. The molecule has 2 aliphatic rings. The highest BCUT2D eigenvalue weighted by Crippen LogP contribution is 2.34. The topological polar surface area (TPSA) is 37.3 Å². The number of allylic oxidation sites excluding steroid dienone is 1. The molecule has 1 unspecified atom stereocenters. The quantitative estimate of drug-likeness (QED) is 0.668. The Labute approximate surface area is 111 Å². The van der Waals surface area contributed by atoms with Gasteiger partial charge in [-0.1, -0.05) is 25.0 Å². The van der Waals surface area contributed by atoms with Crippen molar-refractivity contribution in [3.05, 3.63) is 25.3 Å². The van der Waals surface area contributed by atoms with Crippen molar-refractivity contribution >= 4 is 5.78 Å². The molecule has 0 aromatic rings. The minimum Gasteiger partial charge on any atom is -0.393 e. The third-order valence-corrected chi connectivity index (χ3v) is 3.33. The van der Waals surface area contributed by atoms with Crippen molar-refractivity contribution in [2.75, 3.05) is 0 Å². The van der Waals surface area contributed by atoms with Crippen molar-refractivity contribution in [3.8, 4) is 0 Å². The zero-order chi connectivity index (χ0) is 13.4. The molecule has 0 heterocycles. The average molecular weight is 250 g/mol. The van der Waals surface area contributed by atoms with E-state index in [1.165, 1.54) is 25.7 Å². The summed E-state index contributed by atoms with van der Waals surface area (Å²) in [6.07, 6.45) is 11.7. The van der Waals surface area contributed by atoms with E-state index in [1.54, 1.807) is 12.2 Å². The summed E-state index contributed by atoms with van der Waals surface area (Å²) in [7, 11) is 0.